The second kappa shape index (κ2) is 11.2. The minimum atomic E-state index is -0.636. The van der Waals surface area contributed by atoms with Gasteiger partial charge >= 0.3 is 0 Å². The molecule has 5 aromatic rings. The smallest absolute Gasteiger partial charge is 0.142 e. The molecule has 36 heavy (non-hydrogen) atoms. The molecule has 1 heterocycles. The molecule has 0 fully saturated rings. The Kier molecular flexibility index (Phi) is 7.36. The predicted octanol–water partition coefficient (Wildman–Crippen LogP) is 5.64. The number of hydrogen-bond donors (Lipinski definition) is 4. The number of aromatic amines is 1. The number of ether oxygens (including phenoxy) is 2. The molecule has 0 saturated heterocycles. The highest BCUT2D eigenvalue weighted by atomic mass is 16.5. The Labute approximate surface area is 210 Å². The Bertz CT molecular complexity index is 1430. The van der Waals surface area contributed by atoms with Crippen LogP contribution in [0.5, 0.6) is 11.5 Å². The molecule has 1 atom stereocenters. The van der Waals surface area contributed by atoms with Crippen LogP contribution < -0.4 is 20.1 Å². The summed E-state index contributed by atoms with van der Waals surface area (Å²) in [6.45, 7) is 2.05. The molecular weight excluding hydrogens is 450 g/mol. The summed E-state index contributed by atoms with van der Waals surface area (Å²) in [7, 11) is 1.85. The van der Waals surface area contributed by atoms with Gasteiger partial charge in [-0.15, -0.1) is 0 Å². The second-order valence-electron chi connectivity index (χ2n) is 8.73. The first kappa shape index (κ1) is 23.7. The van der Waals surface area contributed by atoms with E-state index in [4.69, 9.17) is 9.47 Å². The number of aromatic nitrogens is 1. The van der Waals surface area contributed by atoms with Gasteiger partial charge in [0.15, 0.2) is 0 Å². The van der Waals surface area contributed by atoms with Gasteiger partial charge in [0.1, 0.15) is 24.7 Å². The summed E-state index contributed by atoms with van der Waals surface area (Å²) in [5, 5.41) is 19.5. The Morgan fingerprint density at radius 3 is 2.50 bits per heavy atom. The van der Waals surface area contributed by atoms with E-state index >= 15 is 0 Å². The van der Waals surface area contributed by atoms with Gasteiger partial charge in [0.2, 0.25) is 0 Å². The lowest BCUT2D eigenvalue weighted by Crippen LogP contribution is -2.26. The van der Waals surface area contributed by atoms with E-state index in [9.17, 15) is 5.11 Å². The average Bonchev–Trinajstić information content (AvgIpc) is 3.30. The summed E-state index contributed by atoms with van der Waals surface area (Å²) in [4.78, 5) is 3.44. The van der Waals surface area contributed by atoms with Gasteiger partial charge < -0.3 is 30.2 Å². The first-order chi connectivity index (χ1) is 17.7. The molecule has 1 aromatic heterocycles. The summed E-state index contributed by atoms with van der Waals surface area (Å²) < 4.78 is 11.9. The maximum Gasteiger partial charge on any atom is 0.142 e. The predicted molar refractivity (Wildman–Crippen MR) is 146 cm³/mol. The molecule has 1 unspecified atom stereocenters. The van der Waals surface area contributed by atoms with Crippen LogP contribution in [0, 0.1) is 0 Å². The number of para-hydroxylation sites is 1. The van der Waals surface area contributed by atoms with Crippen LogP contribution in [-0.2, 0) is 6.61 Å². The zero-order valence-corrected chi connectivity index (χ0v) is 20.3. The summed E-state index contributed by atoms with van der Waals surface area (Å²) in [6.07, 6.45) is -0.636. The lowest BCUT2D eigenvalue weighted by molar-refractivity contribution is 0.172. The minimum absolute atomic E-state index is 0.428. The first-order valence-electron chi connectivity index (χ1n) is 12.2. The van der Waals surface area contributed by atoms with E-state index in [1.54, 1.807) is 0 Å². The quantitative estimate of drug-likeness (QED) is 0.184. The van der Waals surface area contributed by atoms with Crippen LogP contribution in [0.3, 0.4) is 0 Å². The van der Waals surface area contributed by atoms with Crippen LogP contribution in [0.15, 0.2) is 91.0 Å². The standard InChI is InChI=1S/C30H31N3O3/c1-31-28-17-22(11-14-30(28)36-20-21-7-3-2-4-8-21)29(34)19-32-15-16-35-23-12-13-25-24-9-5-6-10-26(24)33-27(25)18-23/h2-14,17-18,29,31-34H,15-16,19-20H2,1H3. The third-order valence-corrected chi connectivity index (χ3v) is 6.26. The SMILES string of the molecule is CNc1cc(C(O)CNCCOc2ccc3c(c2)[nH]c2ccccc23)ccc1OCc1ccccc1. The largest absolute Gasteiger partial charge is 0.492 e. The summed E-state index contributed by atoms with van der Waals surface area (Å²) >= 11 is 0. The van der Waals surface area contributed by atoms with E-state index in [2.05, 4.69) is 33.8 Å². The van der Waals surface area contributed by atoms with Crippen molar-refractivity contribution in [3.63, 3.8) is 0 Å². The molecule has 0 aliphatic rings. The lowest BCUT2D eigenvalue weighted by Gasteiger charge is -2.16. The molecule has 0 aliphatic heterocycles. The Morgan fingerprint density at radius 2 is 1.64 bits per heavy atom. The van der Waals surface area contributed by atoms with Gasteiger partial charge in [-0.3, -0.25) is 0 Å². The van der Waals surface area contributed by atoms with Gasteiger partial charge in [-0.25, -0.2) is 0 Å². The van der Waals surface area contributed by atoms with E-state index in [1.165, 1.54) is 10.8 Å². The fourth-order valence-corrected chi connectivity index (χ4v) is 4.33. The molecule has 6 nitrogen and oxygen atoms in total. The van der Waals surface area contributed by atoms with Crippen molar-refractivity contribution in [2.45, 2.75) is 12.7 Å². The van der Waals surface area contributed by atoms with Crippen LogP contribution in [0.1, 0.15) is 17.2 Å². The Morgan fingerprint density at radius 1 is 0.833 bits per heavy atom. The van der Waals surface area contributed by atoms with Gasteiger partial charge in [-0.05, 0) is 41.5 Å². The molecular formula is C30H31N3O3. The summed E-state index contributed by atoms with van der Waals surface area (Å²) in [6, 6.07) is 30.2. The van der Waals surface area contributed by atoms with Crippen LogP contribution in [0.2, 0.25) is 0 Å². The maximum absolute atomic E-state index is 10.7. The van der Waals surface area contributed by atoms with Crippen LogP contribution in [0.4, 0.5) is 5.69 Å². The third-order valence-electron chi connectivity index (χ3n) is 6.26. The second-order valence-corrected chi connectivity index (χ2v) is 8.73. The van der Waals surface area contributed by atoms with Crippen molar-refractivity contribution < 1.29 is 14.6 Å². The molecule has 0 spiro atoms. The summed E-state index contributed by atoms with van der Waals surface area (Å²) in [5.41, 5.74) is 4.96. The molecule has 6 heteroatoms. The van der Waals surface area contributed by atoms with Gasteiger partial charge in [0.05, 0.1) is 17.3 Å². The van der Waals surface area contributed by atoms with Crippen molar-refractivity contribution in [2.24, 2.45) is 0 Å². The molecule has 0 radical (unpaired) electrons. The molecule has 0 aliphatic carbocycles. The molecule has 0 bridgehead atoms. The van der Waals surface area contributed by atoms with Gasteiger partial charge in [0.25, 0.3) is 0 Å². The van der Waals surface area contributed by atoms with Crippen molar-refractivity contribution in [2.75, 3.05) is 32.1 Å². The van der Waals surface area contributed by atoms with Crippen LogP contribution in [0.25, 0.3) is 21.8 Å². The third kappa shape index (κ3) is 5.46. The van der Waals surface area contributed by atoms with Crippen LogP contribution in [-0.4, -0.2) is 36.8 Å². The number of nitrogens with one attached hydrogen (secondary N) is 3. The van der Waals surface area contributed by atoms with Gasteiger partial charge in [-0.1, -0.05) is 54.6 Å². The highest BCUT2D eigenvalue weighted by molar-refractivity contribution is 6.07. The highest BCUT2D eigenvalue weighted by Crippen LogP contribution is 2.29. The van der Waals surface area contributed by atoms with E-state index < -0.39 is 6.10 Å². The zero-order valence-electron chi connectivity index (χ0n) is 20.3. The van der Waals surface area contributed by atoms with Crippen LogP contribution >= 0.6 is 0 Å². The number of H-pyrrole nitrogens is 1. The Balaban J connectivity index is 1.10. The van der Waals surface area contributed by atoms with E-state index in [1.807, 2.05) is 79.8 Å². The number of rotatable bonds is 11. The van der Waals surface area contributed by atoms with Crippen molar-refractivity contribution in [3.8, 4) is 11.5 Å². The van der Waals surface area contributed by atoms with Gasteiger partial charge in [-0.2, -0.15) is 0 Å². The fourth-order valence-electron chi connectivity index (χ4n) is 4.33. The fraction of sp³-hybridized carbons (Fsp3) is 0.200. The number of hydrogen-bond acceptors (Lipinski definition) is 5. The number of benzene rings is 4. The maximum atomic E-state index is 10.7. The number of fused-ring (bicyclic) bond motifs is 3. The van der Waals surface area contributed by atoms with Crippen molar-refractivity contribution in [1.82, 2.24) is 10.3 Å². The Hall–Kier alpha value is -4.00. The van der Waals surface area contributed by atoms with Crippen molar-refractivity contribution in [3.05, 3.63) is 102 Å². The monoisotopic (exact) mass is 481 g/mol. The van der Waals surface area contributed by atoms with E-state index in [-0.39, 0.29) is 0 Å². The van der Waals surface area contributed by atoms with Crippen molar-refractivity contribution >= 4 is 27.5 Å². The number of aliphatic hydroxyl groups is 1. The van der Waals surface area contributed by atoms with Crippen molar-refractivity contribution in [1.29, 1.82) is 0 Å². The number of anilines is 1. The normalized spacial score (nSPS) is 12.1. The zero-order chi connectivity index (χ0) is 24.7. The highest BCUT2D eigenvalue weighted by Gasteiger charge is 2.11. The molecule has 5 rings (SSSR count). The lowest BCUT2D eigenvalue weighted by atomic mass is 10.1. The van der Waals surface area contributed by atoms with E-state index in [0.717, 1.165) is 39.3 Å². The molecule has 184 valence electrons. The topological polar surface area (TPSA) is 78.5 Å². The van der Waals surface area contributed by atoms with Gasteiger partial charge in [0, 0.05) is 42.5 Å². The molecule has 0 amide bonds. The molecule has 0 saturated carbocycles. The first-order valence-corrected chi connectivity index (χ1v) is 12.2. The summed E-state index contributed by atoms with van der Waals surface area (Å²) in [5.74, 6) is 1.58. The molecule has 4 aromatic carbocycles. The average molecular weight is 482 g/mol. The number of aliphatic hydroxyl groups excluding tert-OH is 1. The minimum Gasteiger partial charge on any atom is -0.492 e. The molecule has 4 N–H and O–H groups in total. The van der Waals surface area contributed by atoms with E-state index in [0.29, 0.717) is 26.3 Å².